The van der Waals surface area contributed by atoms with Crippen LogP contribution in [-0.2, 0) is 6.54 Å². The predicted molar refractivity (Wildman–Crippen MR) is 67.9 cm³/mol. The monoisotopic (exact) mass is 235 g/mol. The summed E-state index contributed by atoms with van der Waals surface area (Å²) < 4.78 is 1.70. The van der Waals surface area contributed by atoms with Crippen LogP contribution in [0.3, 0.4) is 0 Å². The van der Waals surface area contributed by atoms with Crippen LogP contribution in [-0.4, -0.2) is 22.1 Å². The summed E-state index contributed by atoms with van der Waals surface area (Å²) in [6.07, 6.45) is 10.00. The van der Waals surface area contributed by atoms with Crippen LogP contribution < -0.4 is 10.9 Å². The van der Waals surface area contributed by atoms with Gasteiger partial charge in [0.25, 0.3) is 5.56 Å². The molecule has 0 aromatic carbocycles. The summed E-state index contributed by atoms with van der Waals surface area (Å²) in [5.41, 5.74) is -0.0219. The Hall–Kier alpha value is -1.16. The van der Waals surface area contributed by atoms with E-state index in [2.05, 4.69) is 17.2 Å². The van der Waals surface area contributed by atoms with E-state index in [0.29, 0.717) is 6.04 Å². The van der Waals surface area contributed by atoms with Crippen LogP contribution >= 0.6 is 0 Å². The lowest BCUT2D eigenvalue weighted by atomic mass is 9.87. The molecule has 0 saturated heterocycles. The maximum absolute atomic E-state index is 11.4. The van der Waals surface area contributed by atoms with Crippen molar-refractivity contribution in [3.63, 3.8) is 0 Å². The van der Waals surface area contributed by atoms with E-state index >= 15 is 0 Å². The second-order valence-corrected chi connectivity index (χ2v) is 5.03. The van der Waals surface area contributed by atoms with Gasteiger partial charge in [-0.2, -0.15) is 0 Å². The molecule has 94 valence electrons. The Labute approximate surface area is 102 Å². The number of nitrogens with zero attached hydrogens (tertiary/aromatic N) is 2. The molecular formula is C13H21N3O. The fourth-order valence-corrected chi connectivity index (χ4v) is 2.57. The van der Waals surface area contributed by atoms with Crippen LogP contribution in [0, 0.1) is 5.92 Å². The number of hydrogen-bond acceptors (Lipinski definition) is 3. The van der Waals surface area contributed by atoms with E-state index in [-0.39, 0.29) is 5.56 Å². The molecular weight excluding hydrogens is 214 g/mol. The highest BCUT2D eigenvalue weighted by Gasteiger charge is 2.17. The molecule has 1 N–H and O–H groups in total. The lowest BCUT2D eigenvalue weighted by Crippen LogP contribution is -2.36. The van der Waals surface area contributed by atoms with E-state index in [4.69, 9.17) is 0 Å². The third kappa shape index (κ3) is 3.66. The highest BCUT2D eigenvalue weighted by atomic mass is 16.1. The highest BCUT2D eigenvalue weighted by Crippen LogP contribution is 2.23. The zero-order chi connectivity index (χ0) is 12.1. The summed E-state index contributed by atoms with van der Waals surface area (Å²) in [7, 11) is 0. The van der Waals surface area contributed by atoms with Gasteiger partial charge in [0.15, 0.2) is 0 Å². The zero-order valence-corrected chi connectivity index (χ0v) is 10.4. The Morgan fingerprint density at radius 3 is 3.18 bits per heavy atom. The smallest absolute Gasteiger partial charge is 0.269 e. The molecule has 1 aliphatic carbocycles. The van der Waals surface area contributed by atoms with Crippen molar-refractivity contribution in [2.45, 2.75) is 45.2 Å². The Morgan fingerprint density at radius 1 is 1.53 bits per heavy atom. The largest absolute Gasteiger partial charge is 0.312 e. The lowest BCUT2D eigenvalue weighted by molar-refractivity contribution is 0.299. The van der Waals surface area contributed by atoms with Gasteiger partial charge in [-0.15, -0.1) is 0 Å². The summed E-state index contributed by atoms with van der Waals surface area (Å²) in [6.45, 7) is 3.91. The molecule has 4 nitrogen and oxygen atoms in total. The molecule has 4 heteroatoms. The molecule has 1 heterocycles. The van der Waals surface area contributed by atoms with Crippen molar-refractivity contribution in [3.8, 4) is 0 Å². The lowest BCUT2D eigenvalue weighted by Gasteiger charge is -2.27. The highest BCUT2D eigenvalue weighted by molar-refractivity contribution is 4.81. The molecule has 1 aromatic heterocycles. The number of rotatable bonds is 4. The number of nitrogens with one attached hydrogen (secondary N) is 1. The third-order valence-electron chi connectivity index (χ3n) is 3.52. The maximum Gasteiger partial charge on any atom is 0.269 e. The number of aromatic nitrogens is 2. The molecule has 0 amide bonds. The quantitative estimate of drug-likeness (QED) is 0.858. The first-order valence-corrected chi connectivity index (χ1v) is 6.49. The van der Waals surface area contributed by atoms with Crippen LogP contribution in [0.1, 0.15) is 32.6 Å². The van der Waals surface area contributed by atoms with E-state index in [0.717, 1.165) is 19.0 Å². The predicted octanol–water partition coefficient (Wildman–Crippen LogP) is 1.41. The molecule has 1 aliphatic rings. The molecule has 1 aromatic rings. The minimum absolute atomic E-state index is 0.0219. The fraction of sp³-hybridized carbons (Fsp3) is 0.692. The minimum Gasteiger partial charge on any atom is -0.312 e. The Balaban J connectivity index is 1.76. The first kappa shape index (κ1) is 12.3. The van der Waals surface area contributed by atoms with Gasteiger partial charge in [-0.1, -0.05) is 19.8 Å². The van der Waals surface area contributed by atoms with Crippen molar-refractivity contribution in [3.05, 3.63) is 28.9 Å². The standard InChI is InChI=1S/C13H21N3O/c1-11-3-2-4-12(9-11)15-6-8-16-7-5-14-10-13(16)17/h5,7,10-12,15H,2-4,6,8-9H2,1H3. The van der Waals surface area contributed by atoms with Gasteiger partial charge in [-0.05, 0) is 18.8 Å². The molecule has 17 heavy (non-hydrogen) atoms. The van der Waals surface area contributed by atoms with Gasteiger partial charge in [0, 0.05) is 31.5 Å². The number of hydrogen-bond donors (Lipinski definition) is 1. The first-order valence-electron chi connectivity index (χ1n) is 6.49. The molecule has 1 saturated carbocycles. The van der Waals surface area contributed by atoms with Gasteiger partial charge < -0.3 is 9.88 Å². The van der Waals surface area contributed by atoms with Crippen LogP contribution in [0.5, 0.6) is 0 Å². The van der Waals surface area contributed by atoms with E-state index in [1.807, 2.05) is 0 Å². The average Bonchev–Trinajstić information content (AvgIpc) is 2.32. The van der Waals surface area contributed by atoms with Crippen LogP contribution in [0.15, 0.2) is 23.4 Å². The Kier molecular flexibility index (Phi) is 4.31. The van der Waals surface area contributed by atoms with E-state index in [1.165, 1.54) is 31.9 Å². The molecule has 0 spiro atoms. The first-order chi connectivity index (χ1) is 8.25. The second-order valence-electron chi connectivity index (χ2n) is 5.03. The summed E-state index contributed by atoms with van der Waals surface area (Å²) >= 11 is 0. The van der Waals surface area contributed by atoms with E-state index in [1.54, 1.807) is 17.0 Å². The Morgan fingerprint density at radius 2 is 2.41 bits per heavy atom. The zero-order valence-electron chi connectivity index (χ0n) is 10.4. The van der Waals surface area contributed by atoms with Crippen LogP contribution in [0.25, 0.3) is 0 Å². The van der Waals surface area contributed by atoms with Gasteiger partial charge in [0.05, 0.1) is 6.20 Å². The molecule has 2 unspecified atom stereocenters. The fourth-order valence-electron chi connectivity index (χ4n) is 2.57. The van der Waals surface area contributed by atoms with E-state index < -0.39 is 0 Å². The van der Waals surface area contributed by atoms with Gasteiger partial charge in [0.2, 0.25) is 0 Å². The molecule has 2 rings (SSSR count). The van der Waals surface area contributed by atoms with Crippen LogP contribution in [0.2, 0.25) is 0 Å². The molecule has 0 bridgehead atoms. The summed E-state index contributed by atoms with van der Waals surface area (Å²) in [5.74, 6) is 0.838. The summed E-state index contributed by atoms with van der Waals surface area (Å²) in [6, 6.07) is 0.635. The average molecular weight is 235 g/mol. The van der Waals surface area contributed by atoms with Crippen LogP contribution in [0.4, 0.5) is 0 Å². The van der Waals surface area contributed by atoms with Crippen molar-refractivity contribution < 1.29 is 0 Å². The van der Waals surface area contributed by atoms with E-state index in [9.17, 15) is 4.79 Å². The van der Waals surface area contributed by atoms with Crippen molar-refractivity contribution in [1.82, 2.24) is 14.9 Å². The molecule has 1 fully saturated rings. The van der Waals surface area contributed by atoms with Crippen molar-refractivity contribution >= 4 is 0 Å². The van der Waals surface area contributed by atoms with Crippen molar-refractivity contribution in [1.29, 1.82) is 0 Å². The Bertz CT molecular complexity index is 402. The van der Waals surface area contributed by atoms with Gasteiger partial charge in [0.1, 0.15) is 0 Å². The second kappa shape index (κ2) is 5.96. The normalized spacial score (nSPS) is 24.8. The van der Waals surface area contributed by atoms with Gasteiger partial charge in [-0.3, -0.25) is 9.78 Å². The summed E-state index contributed by atoms with van der Waals surface area (Å²) in [5, 5.41) is 3.55. The molecule has 2 atom stereocenters. The van der Waals surface area contributed by atoms with Gasteiger partial charge >= 0.3 is 0 Å². The third-order valence-corrected chi connectivity index (χ3v) is 3.52. The molecule has 0 radical (unpaired) electrons. The van der Waals surface area contributed by atoms with Crippen molar-refractivity contribution in [2.24, 2.45) is 5.92 Å². The maximum atomic E-state index is 11.4. The van der Waals surface area contributed by atoms with Crippen molar-refractivity contribution in [2.75, 3.05) is 6.54 Å². The minimum atomic E-state index is -0.0219. The summed E-state index contributed by atoms with van der Waals surface area (Å²) in [4.78, 5) is 15.2. The topological polar surface area (TPSA) is 46.9 Å². The molecule has 0 aliphatic heterocycles. The SMILES string of the molecule is CC1CCCC(NCCn2ccncc2=O)C1. The van der Waals surface area contributed by atoms with Gasteiger partial charge in [-0.25, -0.2) is 0 Å².